The monoisotopic (exact) mass is 533 g/mol. The number of anilines is 2. The molecule has 0 spiro atoms. The van der Waals surface area contributed by atoms with E-state index in [4.69, 9.17) is 28.8 Å². The molecule has 3 aromatic rings. The van der Waals surface area contributed by atoms with Crippen LogP contribution in [0.25, 0.3) is 0 Å². The normalized spacial score (nSPS) is 26.0. The van der Waals surface area contributed by atoms with Crippen molar-refractivity contribution in [3.05, 3.63) is 76.3 Å². The van der Waals surface area contributed by atoms with Gasteiger partial charge in [-0.2, -0.15) is 0 Å². The fourth-order valence-corrected chi connectivity index (χ4v) is 7.35. The van der Waals surface area contributed by atoms with E-state index in [0.717, 1.165) is 35.2 Å². The molecule has 1 saturated carbocycles. The Morgan fingerprint density at radius 1 is 1.03 bits per heavy atom. The van der Waals surface area contributed by atoms with E-state index < -0.39 is 0 Å². The van der Waals surface area contributed by atoms with Crippen molar-refractivity contribution < 1.29 is 0 Å². The Kier molecular flexibility index (Phi) is 6.44. The molecule has 0 radical (unpaired) electrons. The maximum absolute atomic E-state index is 6.99. The van der Waals surface area contributed by atoms with E-state index in [-0.39, 0.29) is 12.1 Å². The summed E-state index contributed by atoms with van der Waals surface area (Å²) in [5, 5.41) is 5.10. The van der Waals surface area contributed by atoms with Crippen LogP contribution in [0.5, 0.6) is 0 Å². The minimum absolute atomic E-state index is 0.0157. The number of benzene rings is 1. The van der Waals surface area contributed by atoms with Crippen LogP contribution in [0.1, 0.15) is 73.9 Å². The summed E-state index contributed by atoms with van der Waals surface area (Å²) in [7, 11) is 0. The van der Waals surface area contributed by atoms with Gasteiger partial charge in [0.05, 0.1) is 28.5 Å². The third-order valence-corrected chi connectivity index (χ3v) is 8.89. The van der Waals surface area contributed by atoms with Crippen LogP contribution in [-0.2, 0) is 0 Å². The van der Waals surface area contributed by atoms with Crippen LogP contribution < -0.4 is 15.1 Å². The fourth-order valence-electron chi connectivity index (χ4n) is 6.71. The van der Waals surface area contributed by atoms with Crippen LogP contribution in [0, 0.1) is 25.7 Å². The van der Waals surface area contributed by atoms with Crippen molar-refractivity contribution in [3.8, 4) is 0 Å². The molecule has 0 unspecified atom stereocenters. The highest BCUT2D eigenvalue weighted by atomic mass is 35.5. The average Bonchev–Trinajstić information content (AvgIpc) is 3.57. The van der Waals surface area contributed by atoms with Gasteiger partial charge in [-0.05, 0) is 99.1 Å². The van der Waals surface area contributed by atoms with E-state index in [9.17, 15) is 0 Å². The number of pyridine rings is 1. The predicted octanol–water partition coefficient (Wildman–Crippen LogP) is 7.15. The van der Waals surface area contributed by atoms with E-state index in [1.165, 1.54) is 36.2 Å². The summed E-state index contributed by atoms with van der Waals surface area (Å²) in [6.45, 7) is 11.2. The van der Waals surface area contributed by atoms with Gasteiger partial charge < -0.3 is 19.7 Å². The van der Waals surface area contributed by atoms with Gasteiger partial charge in [0, 0.05) is 42.4 Å². The first-order valence-electron chi connectivity index (χ1n) is 13.5. The SMILES string of the molecule is Cc1cc([C@@H]2[C@H](c3ccccn3)NC(=S)N2c2ccc(N3C[C@H](C)C[C@H](C)C3)c(Cl)c2)c(C)n1C1CC1. The third-order valence-electron chi connectivity index (χ3n) is 8.27. The molecule has 6 rings (SSSR count). The van der Waals surface area contributed by atoms with Gasteiger partial charge in [-0.15, -0.1) is 0 Å². The van der Waals surface area contributed by atoms with Crippen LogP contribution >= 0.6 is 23.8 Å². The number of aryl methyl sites for hydroxylation is 1. The van der Waals surface area contributed by atoms with Crippen molar-refractivity contribution in [1.82, 2.24) is 14.9 Å². The molecule has 4 atom stereocenters. The summed E-state index contributed by atoms with van der Waals surface area (Å²) in [6, 6.07) is 15.5. The van der Waals surface area contributed by atoms with Gasteiger partial charge in [-0.1, -0.05) is 31.5 Å². The molecular weight excluding hydrogens is 498 g/mol. The van der Waals surface area contributed by atoms with E-state index in [2.05, 4.69) is 77.7 Å². The molecule has 0 amide bonds. The molecule has 1 N–H and O–H groups in total. The van der Waals surface area contributed by atoms with Gasteiger partial charge in [0.2, 0.25) is 0 Å². The second-order valence-corrected chi connectivity index (χ2v) is 12.2. The number of hydrogen-bond acceptors (Lipinski definition) is 3. The smallest absolute Gasteiger partial charge is 0.174 e. The van der Waals surface area contributed by atoms with Gasteiger partial charge >= 0.3 is 0 Å². The molecular formula is C30H36ClN5S. The van der Waals surface area contributed by atoms with Crippen LogP contribution in [0.15, 0.2) is 48.7 Å². The minimum Gasteiger partial charge on any atom is -0.370 e. The van der Waals surface area contributed by atoms with Crippen LogP contribution in [0.3, 0.4) is 0 Å². The van der Waals surface area contributed by atoms with Crippen molar-refractivity contribution in [1.29, 1.82) is 0 Å². The molecule has 2 aliphatic heterocycles. The van der Waals surface area contributed by atoms with Crippen molar-refractivity contribution in [3.63, 3.8) is 0 Å². The van der Waals surface area contributed by atoms with Crippen LogP contribution in [-0.4, -0.2) is 27.8 Å². The first-order chi connectivity index (χ1) is 17.8. The molecule has 0 bridgehead atoms. The highest BCUT2D eigenvalue weighted by Crippen LogP contribution is 2.47. The lowest BCUT2D eigenvalue weighted by molar-refractivity contribution is 0.357. The summed E-state index contributed by atoms with van der Waals surface area (Å²) in [5.74, 6) is 1.33. The number of halogens is 1. The quantitative estimate of drug-likeness (QED) is 0.352. The average molecular weight is 534 g/mol. The Morgan fingerprint density at radius 3 is 2.43 bits per heavy atom. The van der Waals surface area contributed by atoms with Crippen molar-refractivity contribution in [2.24, 2.45) is 11.8 Å². The molecule has 37 heavy (non-hydrogen) atoms. The highest BCUT2D eigenvalue weighted by Gasteiger charge is 2.43. The van der Waals surface area contributed by atoms with Crippen molar-refractivity contribution in [2.75, 3.05) is 22.9 Å². The third kappa shape index (κ3) is 4.52. The summed E-state index contributed by atoms with van der Waals surface area (Å²) < 4.78 is 2.51. The lowest BCUT2D eigenvalue weighted by Gasteiger charge is -2.37. The zero-order chi connectivity index (χ0) is 25.8. The summed E-state index contributed by atoms with van der Waals surface area (Å²) in [4.78, 5) is 9.43. The topological polar surface area (TPSA) is 36.3 Å². The molecule has 7 heteroatoms. The first-order valence-corrected chi connectivity index (χ1v) is 14.3. The molecule has 3 fully saturated rings. The molecule has 3 aliphatic rings. The Morgan fingerprint density at radius 2 is 1.78 bits per heavy atom. The van der Waals surface area contributed by atoms with Crippen molar-refractivity contribution >= 4 is 40.3 Å². The fraction of sp³-hybridized carbons (Fsp3) is 0.467. The molecule has 1 aromatic carbocycles. The number of piperidine rings is 1. The molecule has 1 aliphatic carbocycles. The highest BCUT2D eigenvalue weighted by molar-refractivity contribution is 7.80. The van der Waals surface area contributed by atoms with E-state index >= 15 is 0 Å². The standard InChI is InChI=1S/C30H36ClN5S/c1-18-13-19(2)17-34(16-18)27-11-10-23(15-25(27)31)36-29(24-14-20(3)35(21(24)4)22-8-9-22)28(33-30(36)37)26-7-5-6-12-32-26/h5-7,10-12,14-15,18-19,22,28-29H,8-9,13,16-17H2,1-4H3,(H,33,37)/t18-,19+,28-,29+/m0/s1. The van der Waals surface area contributed by atoms with Gasteiger partial charge in [0.15, 0.2) is 5.11 Å². The zero-order valence-corrected chi connectivity index (χ0v) is 23.7. The van der Waals surface area contributed by atoms with Gasteiger partial charge in [0.1, 0.15) is 0 Å². The second-order valence-electron chi connectivity index (χ2n) is 11.4. The number of thiocarbonyl (C=S) groups is 1. The van der Waals surface area contributed by atoms with Gasteiger partial charge in [-0.3, -0.25) is 4.98 Å². The van der Waals surface area contributed by atoms with Crippen LogP contribution in [0.4, 0.5) is 11.4 Å². The van der Waals surface area contributed by atoms with E-state index in [0.29, 0.717) is 23.0 Å². The molecule has 4 heterocycles. The lowest BCUT2D eigenvalue weighted by Crippen LogP contribution is -2.38. The number of nitrogens with one attached hydrogen (secondary N) is 1. The summed E-state index contributed by atoms with van der Waals surface area (Å²) in [6.07, 6.45) is 5.65. The Balaban J connectivity index is 1.41. The number of nitrogens with zero attached hydrogens (tertiary/aromatic N) is 4. The van der Waals surface area contributed by atoms with Gasteiger partial charge in [0.25, 0.3) is 0 Å². The summed E-state index contributed by atoms with van der Waals surface area (Å²) in [5.41, 5.74) is 7.06. The molecule has 5 nitrogen and oxygen atoms in total. The Bertz CT molecular complexity index is 1310. The van der Waals surface area contributed by atoms with E-state index in [1.807, 2.05) is 18.3 Å². The maximum atomic E-state index is 6.99. The number of hydrogen-bond donors (Lipinski definition) is 1. The second kappa shape index (κ2) is 9.63. The largest absolute Gasteiger partial charge is 0.370 e. The molecule has 2 aromatic heterocycles. The number of aromatic nitrogens is 2. The van der Waals surface area contributed by atoms with Gasteiger partial charge in [-0.25, -0.2) is 0 Å². The maximum Gasteiger partial charge on any atom is 0.174 e. The Hall–Kier alpha value is -2.57. The molecule has 2 saturated heterocycles. The predicted molar refractivity (Wildman–Crippen MR) is 157 cm³/mol. The minimum atomic E-state index is -0.0518. The summed E-state index contributed by atoms with van der Waals surface area (Å²) >= 11 is 13.0. The first kappa shape index (κ1) is 24.7. The number of rotatable bonds is 5. The van der Waals surface area contributed by atoms with E-state index in [1.54, 1.807) is 0 Å². The molecule has 194 valence electrons. The Labute approximate surface area is 230 Å². The lowest BCUT2D eigenvalue weighted by atomic mass is 9.91. The van der Waals surface area contributed by atoms with Crippen LogP contribution in [0.2, 0.25) is 5.02 Å². The zero-order valence-electron chi connectivity index (χ0n) is 22.1. The van der Waals surface area contributed by atoms with Crippen molar-refractivity contribution in [2.45, 2.75) is 65.1 Å².